The predicted molar refractivity (Wildman–Crippen MR) is 168 cm³/mol. The number of rotatable bonds is 11. The van der Waals surface area contributed by atoms with Gasteiger partial charge in [0, 0.05) is 25.9 Å². The Bertz CT molecular complexity index is 1570. The lowest BCUT2D eigenvalue weighted by atomic mass is 9.96. The Morgan fingerprint density at radius 3 is 2.29 bits per heavy atom. The second-order valence-electron chi connectivity index (χ2n) is 12.8. The quantitative estimate of drug-likeness (QED) is 0.319. The van der Waals surface area contributed by atoms with E-state index in [2.05, 4.69) is 5.32 Å². The van der Waals surface area contributed by atoms with Crippen LogP contribution in [0.15, 0.2) is 66.7 Å². The van der Waals surface area contributed by atoms with E-state index >= 15 is 0 Å². The number of benzene rings is 3. The van der Waals surface area contributed by atoms with Gasteiger partial charge in [-0.15, -0.1) is 0 Å². The Labute approximate surface area is 262 Å². The van der Waals surface area contributed by atoms with Gasteiger partial charge in [-0.05, 0) is 60.2 Å². The van der Waals surface area contributed by atoms with Crippen molar-refractivity contribution in [3.05, 3.63) is 83.7 Å². The van der Waals surface area contributed by atoms with E-state index in [0.717, 1.165) is 29.2 Å². The molecule has 0 radical (unpaired) electrons. The minimum atomic E-state index is -1.25. The van der Waals surface area contributed by atoms with Crippen LogP contribution in [0, 0.1) is 11.7 Å². The summed E-state index contributed by atoms with van der Waals surface area (Å²) in [5.41, 5.74) is 6.33. The van der Waals surface area contributed by atoms with Crippen molar-refractivity contribution >= 4 is 34.5 Å². The van der Waals surface area contributed by atoms with Crippen molar-refractivity contribution in [2.75, 3.05) is 20.2 Å². The van der Waals surface area contributed by atoms with E-state index in [9.17, 15) is 23.6 Å². The van der Waals surface area contributed by atoms with Crippen LogP contribution in [0.1, 0.15) is 44.2 Å². The van der Waals surface area contributed by atoms with Gasteiger partial charge in [-0.25, -0.2) is 9.18 Å². The highest BCUT2D eigenvalue weighted by Gasteiger charge is 2.46. The Morgan fingerprint density at radius 1 is 0.978 bits per heavy atom. The van der Waals surface area contributed by atoms with Gasteiger partial charge in [0.2, 0.25) is 17.7 Å². The van der Waals surface area contributed by atoms with Crippen LogP contribution in [0.4, 0.5) is 4.39 Å². The van der Waals surface area contributed by atoms with Crippen molar-refractivity contribution in [2.24, 2.45) is 11.7 Å². The number of esters is 1. The smallest absolute Gasteiger partial charge is 0.328 e. The molecule has 1 saturated heterocycles. The number of hydrogen-bond acceptors (Lipinski definition) is 6. The number of nitrogens with one attached hydrogen (secondary N) is 1. The molecule has 2 fully saturated rings. The molecule has 238 valence electrons. The third-order valence-electron chi connectivity index (χ3n) is 8.70. The molecule has 0 spiro atoms. The zero-order chi connectivity index (χ0) is 32.3. The molecule has 3 unspecified atom stereocenters. The third-order valence-corrected chi connectivity index (χ3v) is 8.70. The molecule has 2 aliphatic rings. The van der Waals surface area contributed by atoms with Crippen LogP contribution in [0.5, 0.6) is 0 Å². The number of methoxy groups -OCH3 is 1. The standard InChI is InChI=1S/C35H41FN4O5/c1-35(2,37)34(44)38-28(19-22-11-14-27(36)15-12-22)31(41)39-16-17-40(32(42)29(39)20-23-8-9-23)30(33(43)45-3)21-24-10-13-25-6-4-5-7-26(25)18-24/h4-7,10-15,18,23,28-30H,8-9,16-17,19-21,37H2,1-3H3,(H,38,44). The van der Waals surface area contributed by atoms with Gasteiger partial charge in [-0.1, -0.05) is 67.4 Å². The molecule has 3 atom stereocenters. The summed E-state index contributed by atoms with van der Waals surface area (Å²) in [6.07, 6.45) is 2.74. The molecule has 3 aromatic rings. The highest BCUT2D eigenvalue weighted by Crippen LogP contribution is 2.36. The summed E-state index contributed by atoms with van der Waals surface area (Å²) in [6.45, 7) is 3.39. The van der Waals surface area contributed by atoms with Gasteiger partial charge >= 0.3 is 5.97 Å². The number of amides is 3. The van der Waals surface area contributed by atoms with Gasteiger partial charge in [0.1, 0.15) is 23.9 Å². The lowest BCUT2D eigenvalue weighted by molar-refractivity contribution is -0.162. The third kappa shape index (κ3) is 7.68. The van der Waals surface area contributed by atoms with Gasteiger partial charge in [0.05, 0.1) is 12.6 Å². The predicted octanol–water partition coefficient (Wildman–Crippen LogP) is 3.37. The van der Waals surface area contributed by atoms with Gasteiger partial charge in [0.15, 0.2) is 0 Å². The van der Waals surface area contributed by atoms with Crippen molar-refractivity contribution < 1.29 is 28.3 Å². The second kappa shape index (κ2) is 13.4. The summed E-state index contributed by atoms with van der Waals surface area (Å²) in [4.78, 5) is 57.6. The topological polar surface area (TPSA) is 122 Å². The first-order valence-corrected chi connectivity index (χ1v) is 15.5. The van der Waals surface area contributed by atoms with Crippen LogP contribution in [0.3, 0.4) is 0 Å². The zero-order valence-electron chi connectivity index (χ0n) is 26.0. The molecule has 45 heavy (non-hydrogen) atoms. The summed E-state index contributed by atoms with van der Waals surface area (Å²) in [5.74, 6) is -1.90. The molecular weight excluding hydrogens is 575 g/mol. The average Bonchev–Trinajstić information content (AvgIpc) is 3.84. The molecule has 1 aliphatic carbocycles. The first kappa shape index (κ1) is 32.1. The summed E-state index contributed by atoms with van der Waals surface area (Å²) < 4.78 is 18.8. The number of nitrogens with zero attached hydrogens (tertiary/aromatic N) is 2. The lowest BCUT2D eigenvalue weighted by Gasteiger charge is -2.44. The Morgan fingerprint density at radius 2 is 1.64 bits per heavy atom. The summed E-state index contributed by atoms with van der Waals surface area (Å²) in [6, 6.07) is 16.9. The number of halogens is 1. The monoisotopic (exact) mass is 616 g/mol. The largest absolute Gasteiger partial charge is 0.467 e. The Hall–Kier alpha value is -4.31. The van der Waals surface area contributed by atoms with Gasteiger partial charge in [-0.2, -0.15) is 0 Å². The fourth-order valence-corrected chi connectivity index (χ4v) is 5.92. The van der Waals surface area contributed by atoms with Crippen molar-refractivity contribution in [1.82, 2.24) is 15.1 Å². The van der Waals surface area contributed by atoms with E-state index in [-0.39, 0.29) is 31.8 Å². The van der Waals surface area contributed by atoms with Gasteiger partial charge in [-0.3, -0.25) is 14.4 Å². The van der Waals surface area contributed by atoms with Crippen LogP contribution < -0.4 is 11.1 Å². The number of hydrogen-bond donors (Lipinski definition) is 2. The summed E-state index contributed by atoms with van der Waals surface area (Å²) in [7, 11) is 1.31. The molecule has 3 amide bonds. The number of nitrogens with two attached hydrogens (primary N) is 1. The van der Waals surface area contributed by atoms with E-state index in [1.165, 1.54) is 19.2 Å². The highest BCUT2D eigenvalue weighted by atomic mass is 19.1. The maximum absolute atomic E-state index is 14.2. The number of carbonyl (C=O) groups excluding carboxylic acids is 4. The molecule has 1 aliphatic heterocycles. The molecule has 3 aromatic carbocycles. The van der Waals surface area contributed by atoms with Crippen molar-refractivity contribution in [3.8, 4) is 0 Å². The van der Waals surface area contributed by atoms with Gasteiger partial charge < -0.3 is 25.6 Å². The molecule has 1 saturated carbocycles. The van der Waals surface area contributed by atoms with Crippen LogP contribution in [0.2, 0.25) is 0 Å². The zero-order valence-corrected chi connectivity index (χ0v) is 26.0. The van der Waals surface area contributed by atoms with Crippen LogP contribution in [0.25, 0.3) is 10.8 Å². The number of fused-ring (bicyclic) bond motifs is 1. The molecule has 0 aromatic heterocycles. The lowest BCUT2D eigenvalue weighted by Crippen LogP contribution is -2.66. The molecule has 1 heterocycles. The van der Waals surface area contributed by atoms with E-state index in [1.54, 1.807) is 35.8 Å². The average molecular weight is 617 g/mol. The van der Waals surface area contributed by atoms with Crippen molar-refractivity contribution in [1.29, 1.82) is 0 Å². The van der Waals surface area contributed by atoms with Gasteiger partial charge in [0.25, 0.3) is 0 Å². The van der Waals surface area contributed by atoms with Crippen LogP contribution >= 0.6 is 0 Å². The fraction of sp³-hybridized carbons (Fsp3) is 0.429. The molecule has 3 N–H and O–H groups in total. The number of piperazine rings is 1. The van der Waals surface area contributed by atoms with Crippen molar-refractivity contribution in [2.45, 2.75) is 69.6 Å². The van der Waals surface area contributed by atoms with Crippen LogP contribution in [-0.2, 0) is 36.8 Å². The first-order valence-electron chi connectivity index (χ1n) is 15.5. The van der Waals surface area contributed by atoms with E-state index < -0.39 is 47.3 Å². The van der Waals surface area contributed by atoms with E-state index in [1.807, 2.05) is 42.5 Å². The maximum atomic E-state index is 14.2. The fourth-order valence-electron chi connectivity index (χ4n) is 5.92. The SMILES string of the molecule is COC(=O)C(Cc1ccc2ccccc2c1)N1CCN(C(=O)C(Cc2ccc(F)cc2)NC(=O)C(C)(C)N)C(CC2CC2)C1=O. The van der Waals surface area contributed by atoms with Crippen LogP contribution in [-0.4, -0.2) is 77.4 Å². The Kier molecular flexibility index (Phi) is 9.53. The molecule has 0 bridgehead atoms. The van der Waals surface area contributed by atoms with Crippen molar-refractivity contribution in [3.63, 3.8) is 0 Å². The highest BCUT2D eigenvalue weighted by molar-refractivity contribution is 5.96. The summed E-state index contributed by atoms with van der Waals surface area (Å²) >= 11 is 0. The molecule has 10 heteroatoms. The molecular formula is C35H41FN4O5. The second-order valence-corrected chi connectivity index (χ2v) is 12.8. The first-order chi connectivity index (χ1) is 21.4. The minimum Gasteiger partial charge on any atom is -0.467 e. The maximum Gasteiger partial charge on any atom is 0.328 e. The minimum absolute atomic E-state index is 0.0955. The molecule has 9 nitrogen and oxygen atoms in total. The summed E-state index contributed by atoms with van der Waals surface area (Å²) in [5, 5.41) is 4.88. The Balaban J connectivity index is 1.41. The van der Waals surface area contributed by atoms with E-state index in [4.69, 9.17) is 10.5 Å². The number of ether oxygens (including phenoxy) is 1. The number of carbonyl (C=O) groups is 4. The normalized spacial score (nSPS) is 18.4. The van der Waals surface area contributed by atoms with E-state index in [0.29, 0.717) is 17.9 Å². The molecule has 5 rings (SSSR count).